The summed E-state index contributed by atoms with van der Waals surface area (Å²) >= 11 is 6.02. The highest BCUT2D eigenvalue weighted by Crippen LogP contribution is 2.70. The van der Waals surface area contributed by atoms with Gasteiger partial charge in [-0.05, 0) is 50.7 Å². The molecule has 0 N–H and O–H groups in total. The molecule has 0 bridgehead atoms. The zero-order chi connectivity index (χ0) is 24.4. The summed E-state index contributed by atoms with van der Waals surface area (Å²) in [4.78, 5) is 51.7. The Morgan fingerprint density at radius 1 is 1.24 bits per heavy atom. The first-order chi connectivity index (χ1) is 15.4. The van der Waals surface area contributed by atoms with E-state index in [9.17, 15) is 19.2 Å². The summed E-state index contributed by atoms with van der Waals surface area (Å²) < 4.78 is 23.1. The van der Waals surface area contributed by atoms with Crippen molar-refractivity contribution in [2.75, 3.05) is 5.88 Å². The predicted octanol–water partition coefficient (Wildman–Crippen LogP) is 4.70. The molecule has 4 rings (SSSR count). The smallest absolute Gasteiger partial charge is 0.306 e. The third-order valence-electron chi connectivity index (χ3n) is 9.21. The van der Waals surface area contributed by atoms with Gasteiger partial charge in [0.2, 0.25) is 0 Å². The van der Waals surface area contributed by atoms with Crippen molar-refractivity contribution in [3.8, 4) is 0 Å². The average molecular weight is 479 g/mol. The van der Waals surface area contributed by atoms with Gasteiger partial charge >= 0.3 is 5.97 Å². The number of rotatable bonds is 5. The molecule has 0 heterocycles. The van der Waals surface area contributed by atoms with E-state index < -0.39 is 51.5 Å². The molecule has 4 aliphatic rings. The van der Waals surface area contributed by atoms with Gasteiger partial charge in [0.25, 0.3) is 0 Å². The molecule has 0 aliphatic heterocycles. The maximum atomic E-state index is 17.1. The highest BCUT2D eigenvalue weighted by Gasteiger charge is 2.77. The molecule has 0 aromatic rings. The fourth-order valence-electron chi connectivity index (χ4n) is 7.66. The van der Waals surface area contributed by atoms with Crippen LogP contribution >= 0.6 is 11.6 Å². The number of hydrogen-bond acceptors (Lipinski definition) is 5. The van der Waals surface area contributed by atoms with Crippen molar-refractivity contribution in [1.29, 1.82) is 0 Å². The van der Waals surface area contributed by atoms with Crippen LogP contribution in [-0.4, -0.2) is 40.5 Å². The van der Waals surface area contributed by atoms with Crippen molar-refractivity contribution >= 4 is 34.9 Å². The number of alkyl halides is 2. The van der Waals surface area contributed by atoms with Crippen LogP contribution in [0.25, 0.3) is 0 Å². The van der Waals surface area contributed by atoms with Crippen molar-refractivity contribution in [2.45, 2.75) is 77.5 Å². The highest BCUT2D eigenvalue weighted by molar-refractivity contribution is 6.29. The van der Waals surface area contributed by atoms with E-state index in [1.807, 2.05) is 13.8 Å². The maximum Gasteiger partial charge on any atom is 0.306 e. The number of carbonyl (C=O) groups is 4. The lowest BCUT2D eigenvalue weighted by atomic mass is 9.45. The first kappa shape index (κ1) is 24.3. The molecule has 0 spiro atoms. The molecule has 0 amide bonds. The van der Waals surface area contributed by atoms with Crippen molar-refractivity contribution in [1.82, 2.24) is 0 Å². The first-order valence-corrected chi connectivity index (χ1v) is 12.4. The van der Waals surface area contributed by atoms with Crippen LogP contribution in [0.4, 0.5) is 4.39 Å². The predicted molar refractivity (Wildman–Crippen MR) is 121 cm³/mol. The Hall–Kier alpha value is -1.82. The molecule has 180 valence electrons. The summed E-state index contributed by atoms with van der Waals surface area (Å²) in [5.41, 5.74) is -5.35. The molecule has 33 heavy (non-hydrogen) atoms. The standard InChI is InChI=1S/C26H32ClFO5/c1-5-6-22(32)33-26(21(31)14-27)15(2)11-19-18-8-7-16-12-17(29)9-10-23(16,3)25(18,28)20(30)13-24(19,26)4/h9-10,12,15,18-19H,5-8,11,13-14H2,1-4H3/t15-,18+,19-,23+,24+,25?,26+/m1/s1. The Bertz CT molecular complexity index is 987. The van der Waals surface area contributed by atoms with Gasteiger partial charge in [-0.15, -0.1) is 11.6 Å². The first-order valence-electron chi connectivity index (χ1n) is 11.9. The number of ketones is 3. The number of halogens is 2. The van der Waals surface area contributed by atoms with Gasteiger partial charge in [-0.2, -0.15) is 0 Å². The van der Waals surface area contributed by atoms with Crippen LogP contribution in [0.15, 0.2) is 23.8 Å². The summed E-state index contributed by atoms with van der Waals surface area (Å²) in [6, 6.07) is 0. The SMILES string of the molecule is CCCC(=O)O[C@]1(C(=O)CCl)[C@H](C)C[C@@H]2[C@@H]3CCC4=CC(=O)C=C[C@]4(C)C3(F)C(=O)C[C@@]21C. The lowest BCUT2D eigenvalue weighted by molar-refractivity contribution is -0.201. The maximum absolute atomic E-state index is 17.1. The number of Topliss-reactive ketones (excluding diaryl/α,β-unsaturated/α-hetero) is 2. The van der Waals surface area contributed by atoms with Crippen LogP contribution in [0.1, 0.15) is 66.2 Å². The van der Waals surface area contributed by atoms with E-state index in [4.69, 9.17) is 16.3 Å². The molecular formula is C26H32ClFO5. The zero-order valence-electron chi connectivity index (χ0n) is 19.7. The lowest BCUT2D eigenvalue weighted by Crippen LogP contribution is -2.68. The number of carbonyl (C=O) groups excluding carboxylic acids is 4. The quantitative estimate of drug-likeness (QED) is 0.422. The van der Waals surface area contributed by atoms with Crippen molar-refractivity contribution < 1.29 is 28.3 Å². The third kappa shape index (κ3) is 2.95. The summed E-state index contributed by atoms with van der Waals surface area (Å²) in [5.74, 6) is -3.45. The molecule has 0 aromatic heterocycles. The molecule has 3 saturated carbocycles. The lowest BCUT2D eigenvalue weighted by Gasteiger charge is -2.59. The molecule has 3 fully saturated rings. The van der Waals surface area contributed by atoms with E-state index in [0.717, 1.165) is 0 Å². The minimum absolute atomic E-state index is 0.153. The largest absolute Gasteiger partial charge is 0.450 e. The minimum Gasteiger partial charge on any atom is -0.450 e. The molecule has 7 atom stereocenters. The van der Waals surface area contributed by atoms with E-state index in [2.05, 4.69) is 0 Å². The number of ether oxygens (including phenoxy) is 1. The van der Waals surface area contributed by atoms with Crippen LogP contribution < -0.4 is 0 Å². The van der Waals surface area contributed by atoms with Gasteiger partial charge in [0, 0.05) is 35.5 Å². The molecule has 4 aliphatic carbocycles. The fraction of sp³-hybridized carbons (Fsp3) is 0.692. The Balaban J connectivity index is 1.84. The van der Waals surface area contributed by atoms with Gasteiger partial charge in [-0.25, -0.2) is 4.39 Å². The third-order valence-corrected chi connectivity index (χ3v) is 9.45. The zero-order valence-corrected chi connectivity index (χ0v) is 20.5. The Labute approximate surface area is 199 Å². The molecule has 5 nitrogen and oxygen atoms in total. The van der Waals surface area contributed by atoms with Crippen LogP contribution in [0.2, 0.25) is 0 Å². The Morgan fingerprint density at radius 3 is 2.58 bits per heavy atom. The van der Waals surface area contributed by atoms with Gasteiger partial charge in [0.1, 0.15) is 0 Å². The second kappa shape index (κ2) is 7.86. The van der Waals surface area contributed by atoms with Crippen LogP contribution in [0.3, 0.4) is 0 Å². The fourth-order valence-corrected chi connectivity index (χ4v) is 7.86. The average Bonchev–Trinajstić information content (AvgIpc) is 2.97. The molecule has 0 saturated heterocycles. The number of fused-ring (bicyclic) bond motifs is 5. The van der Waals surface area contributed by atoms with E-state index in [0.29, 0.717) is 31.3 Å². The summed E-state index contributed by atoms with van der Waals surface area (Å²) in [6.45, 7) is 7.19. The van der Waals surface area contributed by atoms with Crippen LogP contribution in [-0.2, 0) is 23.9 Å². The Morgan fingerprint density at radius 2 is 1.94 bits per heavy atom. The van der Waals surface area contributed by atoms with Crippen molar-refractivity contribution in [2.24, 2.45) is 28.6 Å². The second-order valence-corrected chi connectivity index (χ2v) is 11.0. The number of hydrogen-bond donors (Lipinski definition) is 0. The minimum atomic E-state index is -2.19. The summed E-state index contributed by atoms with van der Waals surface area (Å²) in [6.07, 6.45) is 6.21. The van der Waals surface area contributed by atoms with E-state index in [1.54, 1.807) is 19.9 Å². The Kier molecular flexibility index (Phi) is 5.79. The van der Waals surface area contributed by atoms with E-state index in [1.165, 1.54) is 12.2 Å². The van der Waals surface area contributed by atoms with Gasteiger partial charge in [-0.3, -0.25) is 19.2 Å². The summed E-state index contributed by atoms with van der Waals surface area (Å²) in [5, 5.41) is 0. The van der Waals surface area contributed by atoms with Crippen LogP contribution in [0, 0.1) is 28.6 Å². The molecule has 1 unspecified atom stereocenters. The molecule has 7 heteroatoms. The van der Waals surface area contributed by atoms with E-state index >= 15 is 4.39 Å². The van der Waals surface area contributed by atoms with Gasteiger partial charge < -0.3 is 4.74 Å². The molecule has 0 radical (unpaired) electrons. The van der Waals surface area contributed by atoms with Gasteiger partial charge in [0.15, 0.2) is 28.6 Å². The number of allylic oxidation sites excluding steroid dienone is 4. The normalized spacial score (nSPS) is 43.9. The summed E-state index contributed by atoms with van der Waals surface area (Å²) in [7, 11) is 0. The molecule has 0 aromatic carbocycles. The van der Waals surface area contributed by atoms with Crippen molar-refractivity contribution in [3.05, 3.63) is 23.8 Å². The topological polar surface area (TPSA) is 77.5 Å². The van der Waals surface area contributed by atoms with Crippen molar-refractivity contribution in [3.63, 3.8) is 0 Å². The number of esters is 1. The van der Waals surface area contributed by atoms with Gasteiger partial charge in [-0.1, -0.05) is 32.4 Å². The van der Waals surface area contributed by atoms with Crippen LogP contribution in [0.5, 0.6) is 0 Å². The van der Waals surface area contributed by atoms with Gasteiger partial charge in [0.05, 0.1) is 5.88 Å². The monoisotopic (exact) mass is 478 g/mol. The van der Waals surface area contributed by atoms with E-state index in [-0.39, 0.29) is 30.4 Å². The molecular weight excluding hydrogens is 447 g/mol. The second-order valence-electron chi connectivity index (χ2n) is 10.7. The highest BCUT2D eigenvalue weighted by atomic mass is 35.5.